The van der Waals surface area contributed by atoms with E-state index in [2.05, 4.69) is 26.1 Å². The summed E-state index contributed by atoms with van der Waals surface area (Å²) in [6, 6.07) is 12.1. The minimum Gasteiger partial charge on any atom is -0.460 e. The van der Waals surface area contributed by atoms with Crippen LogP contribution in [0.4, 0.5) is 0 Å². The first-order valence-electron chi connectivity index (χ1n) is 15.0. The maximum atomic E-state index is 14.1. The van der Waals surface area contributed by atoms with Crippen LogP contribution in [0.15, 0.2) is 47.5 Å². The van der Waals surface area contributed by atoms with Gasteiger partial charge in [0.05, 0.1) is 12.5 Å². The highest BCUT2D eigenvalue weighted by Crippen LogP contribution is 2.49. The molecule has 2 aliphatic rings. The van der Waals surface area contributed by atoms with Gasteiger partial charge in [-0.15, -0.1) is 0 Å². The molecule has 1 heterocycles. The van der Waals surface area contributed by atoms with Crippen LogP contribution in [-0.4, -0.2) is 46.2 Å². The highest BCUT2D eigenvalue weighted by atomic mass is 35.5. The summed E-state index contributed by atoms with van der Waals surface area (Å²) in [5, 5.41) is 3.69. The Kier molecular flexibility index (Phi) is 9.68. The number of nitrogens with one attached hydrogen (secondary N) is 1. The number of ether oxygens (including phenoxy) is 1. The average molecular weight is 629 g/mol. The molecular weight excluding hydrogens is 585 g/mol. The molecule has 0 aromatic heterocycles. The maximum Gasteiger partial charge on any atom is 0.308 e. The van der Waals surface area contributed by atoms with Gasteiger partial charge in [0.1, 0.15) is 17.0 Å². The molecule has 2 aromatic carbocycles. The zero-order valence-electron chi connectivity index (χ0n) is 26.2. The lowest BCUT2D eigenvalue weighted by Gasteiger charge is -2.46. The largest absolute Gasteiger partial charge is 0.460 e. The van der Waals surface area contributed by atoms with Crippen molar-refractivity contribution < 1.29 is 19.1 Å². The molecule has 1 N–H and O–H groups in total. The fraction of sp³-hybridized carbons (Fsp3) is 0.529. The number of aliphatic imine (C=N–C) groups is 1. The molecule has 0 unspecified atom stereocenters. The summed E-state index contributed by atoms with van der Waals surface area (Å²) in [7, 11) is 0. The molecule has 2 aromatic rings. The van der Waals surface area contributed by atoms with Crippen LogP contribution >= 0.6 is 23.2 Å². The fourth-order valence-electron chi connectivity index (χ4n) is 6.16. The lowest BCUT2D eigenvalue weighted by atomic mass is 9.69. The third kappa shape index (κ3) is 7.79. The summed E-state index contributed by atoms with van der Waals surface area (Å²) >= 11 is 12.6. The highest BCUT2D eigenvalue weighted by molar-refractivity contribution is 6.47. The van der Waals surface area contributed by atoms with E-state index in [0.29, 0.717) is 32.8 Å². The van der Waals surface area contributed by atoms with Crippen LogP contribution < -0.4 is 5.32 Å². The van der Waals surface area contributed by atoms with Crippen LogP contribution in [0.2, 0.25) is 10.0 Å². The van der Waals surface area contributed by atoms with Crippen molar-refractivity contribution in [3.63, 3.8) is 0 Å². The molecule has 1 aliphatic carbocycles. The molecule has 0 saturated heterocycles. The number of benzene rings is 2. The Bertz CT molecular complexity index is 1380. The van der Waals surface area contributed by atoms with Gasteiger partial charge in [-0.2, -0.15) is 0 Å². The van der Waals surface area contributed by atoms with Crippen LogP contribution in [0.25, 0.3) is 0 Å². The van der Waals surface area contributed by atoms with Crippen LogP contribution in [0.1, 0.15) is 108 Å². The predicted molar refractivity (Wildman–Crippen MR) is 172 cm³/mol. The molecule has 0 bridgehead atoms. The molecule has 1 atom stereocenters. The Labute approximate surface area is 265 Å². The van der Waals surface area contributed by atoms with Crippen molar-refractivity contribution in [2.75, 3.05) is 6.54 Å². The van der Waals surface area contributed by atoms with E-state index in [4.69, 9.17) is 32.9 Å². The van der Waals surface area contributed by atoms with Crippen LogP contribution in [0.3, 0.4) is 0 Å². The van der Waals surface area contributed by atoms with Gasteiger partial charge in [0.2, 0.25) is 0 Å². The Hall–Kier alpha value is -2.90. The number of rotatable bonds is 7. The third-order valence-electron chi connectivity index (χ3n) is 8.41. The molecule has 7 nitrogen and oxygen atoms in total. The topological polar surface area (TPSA) is 88.1 Å². The molecule has 1 saturated carbocycles. The number of carbonyl (C=O) groups excluding carboxylic acids is 3. The second-order valence-electron chi connectivity index (χ2n) is 13.8. The van der Waals surface area contributed by atoms with Crippen LogP contribution in [0.5, 0.6) is 0 Å². The van der Waals surface area contributed by atoms with Crippen molar-refractivity contribution in [1.29, 1.82) is 0 Å². The Morgan fingerprint density at radius 1 is 1.02 bits per heavy atom. The molecule has 1 spiro atoms. The number of halogens is 2. The Balaban J connectivity index is 1.54. The first-order valence-corrected chi connectivity index (χ1v) is 15.7. The van der Waals surface area contributed by atoms with Crippen LogP contribution in [-0.2, 0) is 14.3 Å². The van der Waals surface area contributed by atoms with E-state index < -0.39 is 11.3 Å². The van der Waals surface area contributed by atoms with E-state index in [1.807, 2.05) is 24.0 Å². The SMILES string of the molecule is C[C@H](c1ccc(C(=O)NCCC(=O)OC(C)(C)C)cc1)N1C(=O)C(c2cc(Cl)cc(Cl)c2)=NC12CCC(C(C)(C)C)CC2. The van der Waals surface area contributed by atoms with Gasteiger partial charge in [-0.3, -0.25) is 19.4 Å². The second-order valence-corrected chi connectivity index (χ2v) is 14.7. The zero-order valence-corrected chi connectivity index (χ0v) is 27.7. The van der Waals surface area contributed by atoms with Crippen molar-refractivity contribution in [3.8, 4) is 0 Å². The highest BCUT2D eigenvalue weighted by Gasteiger charge is 2.52. The standard InChI is InChI=1S/C34H43Cl2N3O4/c1-21(22-8-10-23(11-9-22)30(41)37-17-14-28(40)43-33(5,6)7)39-31(42)29(24-18-26(35)20-27(36)19-24)38-34(39)15-12-25(13-16-34)32(2,3)4/h8-11,18-21,25H,12-17H2,1-7H3,(H,37,41)/t21-,25?,34?/m1/s1. The van der Waals surface area contributed by atoms with Crippen LogP contribution in [0, 0.1) is 11.3 Å². The third-order valence-corrected chi connectivity index (χ3v) is 8.85. The molecule has 232 valence electrons. The number of nitrogens with zero attached hydrogens (tertiary/aromatic N) is 2. The van der Waals surface area contributed by atoms with Gasteiger partial charge in [-0.05, 0) is 101 Å². The zero-order chi connectivity index (χ0) is 31.7. The first kappa shape index (κ1) is 33.0. The van der Waals surface area contributed by atoms with Gasteiger partial charge in [-0.1, -0.05) is 56.1 Å². The lowest BCUT2D eigenvalue weighted by molar-refractivity contribution is -0.154. The number of hydrogen-bond donors (Lipinski definition) is 1. The average Bonchev–Trinajstić information content (AvgIpc) is 3.17. The van der Waals surface area contributed by atoms with E-state index in [1.54, 1.807) is 51.1 Å². The van der Waals surface area contributed by atoms with E-state index in [9.17, 15) is 14.4 Å². The molecule has 9 heteroatoms. The number of esters is 1. The fourth-order valence-corrected chi connectivity index (χ4v) is 6.69. The monoisotopic (exact) mass is 627 g/mol. The second kappa shape index (κ2) is 12.6. The maximum absolute atomic E-state index is 14.1. The Morgan fingerprint density at radius 3 is 2.14 bits per heavy atom. The summed E-state index contributed by atoms with van der Waals surface area (Å²) in [4.78, 5) is 45.9. The summed E-state index contributed by atoms with van der Waals surface area (Å²) in [6.07, 6.45) is 3.56. The van der Waals surface area contributed by atoms with Gasteiger partial charge < -0.3 is 15.0 Å². The minimum absolute atomic E-state index is 0.0908. The predicted octanol–water partition coefficient (Wildman–Crippen LogP) is 7.78. The van der Waals surface area contributed by atoms with Gasteiger partial charge >= 0.3 is 5.97 Å². The quantitative estimate of drug-likeness (QED) is 0.317. The van der Waals surface area contributed by atoms with E-state index in [1.165, 1.54) is 0 Å². The normalized spacial score (nSPS) is 21.5. The molecule has 4 rings (SSSR count). The van der Waals surface area contributed by atoms with E-state index in [-0.39, 0.29) is 42.2 Å². The number of amides is 2. The summed E-state index contributed by atoms with van der Waals surface area (Å²) in [5.41, 5.74) is 1.31. The molecule has 2 amide bonds. The van der Waals surface area contributed by atoms with Gasteiger partial charge in [-0.25, -0.2) is 0 Å². The summed E-state index contributed by atoms with van der Waals surface area (Å²) in [6.45, 7) is 14.4. The van der Waals surface area contributed by atoms with Gasteiger partial charge in [0.25, 0.3) is 11.8 Å². The van der Waals surface area contributed by atoms with Crippen molar-refractivity contribution in [2.45, 2.75) is 97.9 Å². The molecule has 43 heavy (non-hydrogen) atoms. The van der Waals surface area contributed by atoms with E-state index >= 15 is 0 Å². The molecular formula is C34H43Cl2N3O4. The van der Waals surface area contributed by atoms with Gasteiger partial charge in [0.15, 0.2) is 0 Å². The van der Waals surface area contributed by atoms with E-state index in [0.717, 1.165) is 31.2 Å². The van der Waals surface area contributed by atoms with Gasteiger partial charge in [0, 0.05) is 27.7 Å². The minimum atomic E-state index is -0.667. The smallest absolute Gasteiger partial charge is 0.308 e. The van der Waals surface area contributed by atoms with Crippen molar-refractivity contribution >= 4 is 46.7 Å². The molecule has 1 fully saturated rings. The lowest BCUT2D eigenvalue weighted by Crippen LogP contribution is -2.50. The van der Waals surface area contributed by atoms with Crippen molar-refractivity contribution in [1.82, 2.24) is 10.2 Å². The number of carbonyl (C=O) groups is 3. The summed E-state index contributed by atoms with van der Waals surface area (Å²) < 4.78 is 5.30. The Morgan fingerprint density at radius 2 is 1.60 bits per heavy atom. The first-order chi connectivity index (χ1) is 20.0. The van der Waals surface area contributed by atoms with Crippen molar-refractivity contribution in [2.24, 2.45) is 16.3 Å². The molecule has 1 aliphatic heterocycles. The summed E-state index contributed by atoms with van der Waals surface area (Å²) in [5.74, 6) is -0.248. The van der Waals surface area contributed by atoms with Crippen molar-refractivity contribution in [3.05, 3.63) is 69.2 Å². The molecule has 0 radical (unpaired) electrons. The number of hydrogen-bond acceptors (Lipinski definition) is 5.